The van der Waals surface area contributed by atoms with Gasteiger partial charge >= 0.3 is 0 Å². The molecule has 0 spiro atoms. The lowest BCUT2D eigenvalue weighted by Crippen LogP contribution is -2.32. The van der Waals surface area contributed by atoms with E-state index in [4.69, 9.17) is 0 Å². The van der Waals surface area contributed by atoms with Crippen molar-refractivity contribution in [2.75, 3.05) is 38.1 Å². The number of aromatic amines is 1. The molecule has 3 rings (SSSR count). The number of H-pyrrole nitrogens is 1. The van der Waals surface area contributed by atoms with Crippen LogP contribution < -0.4 is 10.5 Å². The molecule has 1 saturated heterocycles. The summed E-state index contributed by atoms with van der Waals surface area (Å²) in [5.74, 6) is 2.17. The molecule has 0 aromatic carbocycles. The van der Waals surface area contributed by atoms with Crippen LogP contribution in [0.2, 0.25) is 0 Å². The molecule has 2 heterocycles. The van der Waals surface area contributed by atoms with Gasteiger partial charge in [-0.15, -0.1) is 0 Å². The number of nitrogens with one attached hydrogen (secondary N) is 1. The molecule has 1 aromatic rings. The highest BCUT2D eigenvalue weighted by atomic mass is 16.1. The molecule has 0 radical (unpaired) electrons. The number of rotatable bonds is 5. The molecule has 1 aliphatic carbocycles. The van der Waals surface area contributed by atoms with Crippen LogP contribution in [0.5, 0.6) is 0 Å². The smallest absolute Gasteiger partial charge is 0.252 e. The van der Waals surface area contributed by atoms with Crippen molar-refractivity contribution in [2.24, 2.45) is 0 Å². The summed E-state index contributed by atoms with van der Waals surface area (Å²) < 4.78 is 0. The lowest BCUT2D eigenvalue weighted by molar-refractivity contribution is 0.346. The van der Waals surface area contributed by atoms with E-state index in [1.807, 2.05) is 7.05 Å². The monoisotopic (exact) mass is 262 g/mol. The number of likely N-dealkylation sites (N-methyl/N-ethyl adjacent to an activating group) is 1. The fourth-order valence-electron chi connectivity index (χ4n) is 2.62. The van der Waals surface area contributed by atoms with E-state index in [0.29, 0.717) is 5.92 Å². The largest absolute Gasteiger partial charge is 0.358 e. The zero-order chi connectivity index (χ0) is 13.2. The second-order valence-corrected chi connectivity index (χ2v) is 5.73. The molecule has 104 valence electrons. The van der Waals surface area contributed by atoms with Crippen molar-refractivity contribution in [1.29, 1.82) is 0 Å². The molecule has 0 bridgehead atoms. The van der Waals surface area contributed by atoms with Crippen LogP contribution in [0.4, 0.5) is 5.82 Å². The lowest BCUT2D eigenvalue weighted by Gasteiger charge is -2.22. The summed E-state index contributed by atoms with van der Waals surface area (Å²) in [6.07, 6.45) is 4.95. The summed E-state index contributed by atoms with van der Waals surface area (Å²) in [5, 5.41) is 0. The summed E-state index contributed by atoms with van der Waals surface area (Å²) in [5.41, 5.74) is -0.0278. The normalized spacial score (nSPS) is 19.8. The molecule has 2 aliphatic rings. The molecular formula is C14H22N4O. The first kappa shape index (κ1) is 12.7. The Morgan fingerprint density at radius 2 is 2.16 bits per heavy atom. The van der Waals surface area contributed by atoms with Crippen molar-refractivity contribution in [3.05, 3.63) is 22.2 Å². The van der Waals surface area contributed by atoms with Crippen molar-refractivity contribution in [1.82, 2.24) is 14.9 Å². The SMILES string of the molecule is CN(CCN1CCCC1)c1cc(=O)[nH]c(C2CC2)n1. The zero-order valence-corrected chi connectivity index (χ0v) is 11.6. The van der Waals surface area contributed by atoms with Crippen LogP contribution in [-0.2, 0) is 0 Å². The maximum absolute atomic E-state index is 11.7. The van der Waals surface area contributed by atoms with Crippen LogP contribution in [0.25, 0.3) is 0 Å². The van der Waals surface area contributed by atoms with Gasteiger partial charge in [-0.25, -0.2) is 4.98 Å². The van der Waals surface area contributed by atoms with E-state index in [1.54, 1.807) is 6.07 Å². The first-order valence-electron chi connectivity index (χ1n) is 7.27. The first-order valence-corrected chi connectivity index (χ1v) is 7.27. The van der Waals surface area contributed by atoms with Crippen LogP contribution in [0, 0.1) is 0 Å². The number of hydrogen-bond acceptors (Lipinski definition) is 4. The van der Waals surface area contributed by atoms with Crippen molar-refractivity contribution in [3.8, 4) is 0 Å². The van der Waals surface area contributed by atoms with Gasteiger partial charge in [0.05, 0.1) is 0 Å². The Labute approximate surface area is 113 Å². The van der Waals surface area contributed by atoms with Crippen molar-refractivity contribution in [2.45, 2.75) is 31.6 Å². The minimum Gasteiger partial charge on any atom is -0.358 e. The van der Waals surface area contributed by atoms with Gasteiger partial charge < -0.3 is 14.8 Å². The predicted octanol–water partition coefficient (Wildman–Crippen LogP) is 1.18. The second kappa shape index (κ2) is 5.33. The number of hydrogen-bond donors (Lipinski definition) is 1. The van der Waals surface area contributed by atoms with Crippen molar-refractivity contribution < 1.29 is 0 Å². The van der Waals surface area contributed by atoms with Gasteiger partial charge in [-0.2, -0.15) is 0 Å². The molecule has 0 unspecified atom stereocenters. The molecule has 1 N–H and O–H groups in total. The first-order chi connectivity index (χ1) is 9.22. The van der Waals surface area contributed by atoms with E-state index in [0.717, 1.165) is 37.6 Å². The van der Waals surface area contributed by atoms with E-state index in [-0.39, 0.29) is 5.56 Å². The molecule has 0 amide bonds. The topological polar surface area (TPSA) is 52.2 Å². The molecule has 5 nitrogen and oxygen atoms in total. The number of likely N-dealkylation sites (tertiary alicyclic amines) is 1. The number of nitrogens with zero attached hydrogens (tertiary/aromatic N) is 3. The average Bonchev–Trinajstić information content (AvgIpc) is 3.13. The molecule has 0 atom stereocenters. The highest BCUT2D eigenvalue weighted by Crippen LogP contribution is 2.37. The van der Waals surface area contributed by atoms with Gasteiger partial charge in [0, 0.05) is 32.1 Å². The van der Waals surface area contributed by atoms with Crippen LogP contribution in [0.3, 0.4) is 0 Å². The van der Waals surface area contributed by atoms with Gasteiger partial charge in [-0.1, -0.05) is 0 Å². The molecular weight excluding hydrogens is 240 g/mol. The quantitative estimate of drug-likeness (QED) is 0.865. The van der Waals surface area contributed by atoms with E-state index < -0.39 is 0 Å². The van der Waals surface area contributed by atoms with Crippen LogP contribution in [0.1, 0.15) is 37.4 Å². The zero-order valence-electron chi connectivity index (χ0n) is 11.6. The third-order valence-electron chi connectivity index (χ3n) is 4.05. The maximum atomic E-state index is 11.7. The van der Waals surface area contributed by atoms with Gasteiger partial charge in [0.15, 0.2) is 0 Å². The number of aromatic nitrogens is 2. The molecule has 1 aromatic heterocycles. The van der Waals surface area contributed by atoms with Crippen molar-refractivity contribution in [3.63, 3.8) is 0 Å². The summed E-state index contributed by atoms with van der Waals surface area (Å²) in [6, 6.07) is 1.61. The number of anilines is 1. The highest BCUT2D eigenvalue weighted by Gasteiger charge is 2.26. The Balaban J connectivity index is 1.64. The van der Waals surface area contributed by atoms with Crippen LogP contribution >= 0.6 is 0 Å². The Kier molecular flexibility index (Phi) is 3.55. The maximum Gasteiger partial charge on any atom is 0.252 e. The highest BCUT2D eigenvalue weighted by molar-refractivity contribution is 5.37. The minimum atomic E-state index is -0.0278. The van der Waals surface area contributed by atoms with Gasteiger partial charge in [0.25, 0.3) is 5.56 Å². The Hall–Kier alpha value is -1.36. The van der Waals surface area contributed by atoms with Gasteiger partial charge in [0.2, 0.25) is 0 Å². The summed E-state index contributed by atoms with van der Waals surface area (Å²) in [7, 11) is 2.02. The Bertz CT molecular complexity index is 488. The van der Waals surface area contributed by atoms with Crippen LogP contribution in [-0.4, -0.2) is 48.1 Å². The lowest BCUT2D eigenvalue weighted by atomic mass is 10.3. The molecule has 19 heavy (non-hydrogen) atoms. The summed E-state index contributed by atoms with van der Waals surface area (Å²) >= 11 is 0. The molecule has 1 aliphatic heterocycles. The molecule has 2 fully saturated rings. The standard InChI is InChI=1S/C14H22N4O/c1-17(8-9-18-6-2-3-7-18)12-10-13(19)16-14(15-12)11-4-5-11/h10-11H,2-9H2,1H3,(H,15,16,19). The van der Waals surface area contributed by atoms with Gasteiger partial charge in [-0.05, 0) is 38.8 Å². The summed E-state index contributed by atoms with van der Waals surface area (Å²) in [4.78, 5) is 23.7. The van der Waals surface area contributed by atoms with Gasteiger partial charge in [0.1, 0.15) is 11.6 Å². The Morgan fingerprint density at radius 3 is 2.84 bits per heavy atom. The Morgan fingerprint density at radius 1 is 1.42 bits per heavy atom. The van der Waals surface area contributed by atoms with E-state index >= 15 is 0 Å². The van der Waals surface area contributed by atoms with Crippen molar-refractivity contribution >= 4 is 5.82 Å². The third-order valence-corrected chi connectivity index (χ3v) is 4.05. The fourth-order valence-corrected chi connectivity index (χ4v) is 2.62. The predicted molar refractivity (Wildman–Crippen MR) is 75.8 cm³/mol. The third kappa shape index (κ3) is 3.15. The fraction of sp³-hybridized carbons (Fsp3) is 0.714. The van der Waals surface area contributed by atoms with E-state index in [2.05, 4.69) is 19.8 Å². The minimum absolute atomic E-state index is 0.0278. The van der Waals surface area contributed by atoms with E-state index in [1.165, 1.54) is 25.9 Å². The molecule has 1 saturated carbocycles. The second-order valence-electron chi connectivity index (χ2n) is 5.73. The van der Waals surface area contributed by atoms with E-state index in [9.17, 15) is 4.79 Å². The average molecular weight is 262 g/mol. The molecule has 5 heteroatoms. The van der Waals surface area contributed by atoms with Gasteiger partial charge in [-0.3, -0.25) is 4.79 Å². The summed E-state index contributed by atoms with van der Waals surface area (Å²) in [6.45, 7) is 4.41. The van der Waals surface area contributed by atoms with Crippen LogP contribution in [0.15, 0.2) is 10.9 Å².